The highest BCUT2D eigenvalue weighted by Crippen LogP contribution is 2.29. The molecule has 0 saturated heterocycles. The number of anilines is 1. The second-order valence-corrected chi connectivity index (χ2v) is 14.2. The molecule has 0 radical (unpaired) electrons. The van der Waals surface area contributed by atoms with Crippen molar-refractivity contribution in [1.29, 1.82) is 0 Å². The summed E-state index contributed by atoms with van der Waals surface area (Å²) in [5.74, 6) is -1.04. The number of likely N-dealkylation sites (N-methyl/N-ethyl adjacent to an activating group) is 1. The first-order valence-electron chi connectivity index (χ1n) is 16.3. The van der Waals surface area contributed by atoms with E-state index in [-0.39, 0.29) is 59.4 Å². The van der Waals surface area contributed by atoms with Crippen LogP contribution in [0.25, 0.3) is 0 Å². The number of aliphatic hydroxyl groups is 1. The highest BCUT2D eigenvalue weighted by molar-refractivity contribution is 7.92. The first-order valence-corrected chi connectivity index (χ1v) is 17.8. The lowest BCUT2D eigenvalue weighted by Gasteiger charge is -2.36. The monoisotopic (exact) mass is 683 g/mol. The summed E-state index contributed by atoms with van der Waals surface area (Å²) in [4.78, 5) is 30.5. The number of carbonyl (C=O) groups excluding carboxylic acids is 2. The van der Waals surface area contributed by atoms with E-state index in [1.165, 1.54) is 17.0 Å². The standard InChI is InChI=1S/C36H46FN3O7S/c1-25-22-40(26(2)24-41)36(43)32-21-30(38-48(44,45)31-16-13-29(37)14-17-31)15-18-33(32)47-27(3)10-8-9-19-46-34(25)23-39(4)35(42)20-28-11-6-5-7-12-28/h5-7,11-18,21,25-27,34,38,41H,8-10,19-20,22-24H2,1-4H3/t25-,26+,27+,34+/m1/s1. The van der Waals surface area contributed by atoms with E-state index < -0.39 is 33.9 Å². The molecule has 0 fully saturated rings. The van der Waals surface area contributed by atoms with Crippen molar-refractivity contribution in [3.8, 4) is 5.75 Å². The Labute approximate surface area is 282 Å². The normalized spacial score (nSPS) is 20.2. The fraction of sp³-hybridized carbons (Fsp3) is 0.444. The largest absolute Gasteiger partial charge is 0.490 e. The molecule has 0 saturated carbocycles. The van der Waals surface area contributed by atoms with Gasteiger partial charge in [0.25, 0.3) is 15.9 Å². The Morgan fingerprint density at radius 1 is 1.08 bits per heavy atom. The lowest BCUT2D eigenvalue weighted by atomic mass is 10.0. The molecule has 2 N–H and O–H groups in total. The van der Waals surface area contributed by atoms with Crippen LogP contribution >= 0.6 is 0 Å². The molecule has 2 amide bonds. The van der Waals surface area contributed by atoms with Gasteiger partial charge in [0.2, 0.25) is 5.91 Å². The average molecular weight is 684 g/mol. The first kappa shape index (κ1) is 36.8. The summed E-state index contributed by atoms with van der Waals surface area (Å²) in [6, 6.07) is 17.8. The Morgan fingerprint density at radius 3 is 2.48 bits per heavy atom. The number of hydrogen-bond acceptors (Lipinski definition) is 7. The number of rotatable bonds is 9. The topological polar surface area (TPSA) is 125 Å². The fourth-order valence-corrected chi connectivity index (χ4v) is 6.60. The molecular weight excluding hydrogens is 637 g/mol. The van der Waals surface area contributed by atoms with Crippen molar-refractivity contribution < 1.29 is 37.0 Å². The number of carbonyl (C=O) groups is 2. The first-order chi connectivity index (χ1) is 22.9. The van der Waals surface area contributed by atoms with Crippen molar-refractivity contribution >= 4 is 27.5 Å². The maximum atomic E-state index is 14.3. The molecular formula is C36H46FN3O7S. The van der Waals surface area contributed by atoms with Gasteiger partial charge in [-0.15, -0.1) is 0 Å². The highest BCUT2D eigenvalue weighted by atomic mass is 32.2. The van der Waals surface area contributed by atoms with Gasteiger partial charge in [0.15, 0.2) is 0 Å². The van der Waals surface area contributed by atoms with Crippen LogP contribution < -0.4 is 9.46 Å². The summed E-state index contributed by atoms with van der Waals surface area (Å²) in [6.07, 6.45) is 1.85. The minimum atomic E-state index is -4.09. The minimum absolute atomic E-state index is 0.0522. The predicted octanol–water partition coefficient (Wildman–Crippen LogP) is 5.12. The summed E-state index contributed by atoms with van der Waals surface area (Å²) in [5, 5.41) is 10.2. The van der Waals surface area contributed by atoms with Crippen molar-refractivity contribution in [3.63, 3.8) is 0 Å². The van der Waals surface area contributed by atoms with Crippen molar-refractivity contribution in [3.05, 3.63) is 89.7 Å². The molecule has 0 spiro atoms. The Morgan fingerprint density at radius 2 is 1.79 bits per heavy atom. The molecule has 1 aliphatic rings. The Kier molecular flexibility index (Phi) is 13.0. The van der Waals surface area contributed by atoms with Crippen LogP contribution in [-0.2, 0) is 26.0 Å². The average Bonchev–Trinajstić information content (AvgIpc) is 3.06. The molecule has 3 aromatic rings. The zero-order valence-corrected chi connectivity index (χ0v) is 28.8. The second-order valence-electron chi connectivity index (χ2n) is 12.5. The van der Waals surface area contributed by atoms with Gasteiger partial charge in [0.1, 0.15) is 11.6 Å². The maximum Gasteiger partial charge on any atom is 0.261 e. The third-order valence-corrected chi connectivity index (χ3v) is 9.90. The van der Waals surface area contributed by atoms with Crippen LogP contribution in [0.15, 0.2) is 77.7 Å². The Bertz CT molecular complexity index is 1620. The molecule has 4 rings (SSSR count). The molecule has 48 heavy (non-hydrogen) atoms. The molecule has 0 bridgehead atoms. The summed E-state index contributed by atoms with van der Waals surface area (Å²) in [7, 11) is -2.35. The molecule has 4 atom stereocenters. The van der Waals surface area contributed by atoms with E-state index in [0.29, 0.717) is 19.6 Å². The highest BCUT2D eigenvalue weighted by Gasteiger charge is 2.31. The molecule has 0 aliphatic carbocycles. The van der Waals surface area contributed by atoms with E-state index in [9.17, 15) is 27.5 Å². The van der Waals surface area contributed by atoms with Gasteiger partial charge in [0.05, 0.1) is 41.7 Å². The van der Waals surface area contributed by atoms with Gasteiger partial charge in [-0.1, -0.05) is 37.3 Å². The second kappa shape index (κ2) is 16.9. The number of aliphatic hydroxyl groups excluding tert-OH is 1. The van der Waals surface area contributed by atoms with E-state index in [1.807, 2.05) is 44.2 Å². The number of benzene rings is 3. The number of sulfonamides is 1. The van der Waals surface area contributed by atoms with Crippen LogP contribution in [0.4, 0.5) is 10.1 Å². The number of halogens is 1. The van der Waals surface area contributed by atoms with E-state index >= 15 is 0 Å². The van der Waals surface area contributed by atoms with E-state index in [2.05, 4.69) is 4.72 Å². The quantitative estimate of drug-likeness (QED) is 0.321. The zero-order chi connectivity index (χ0) is 34.8. The number of hydrogen-bond donors (Lipinski definition) is 2. The SMILES string of the molecule is C[C@@H]1CN([C@@H](C)CO)C(=O)c2cc(NS(=O)(=O)c3ccc(F)cc3)ccc2O[C@@H](C)CCCCO[C@H]1CN(C)C(=O)Cc1ccccc1. The zero-order valence-electron chi connectivity index (χ0n) is 28.0. The van der Waals surface area contributed by atoms with Crippen LogP contribution in [0, 0.1) is 11.7 Å². The van der Waals surface area contributed by atoms with Gasteiger partial charge >= 0.3 is 0 Å². The van der Waals surface area contributed by atoms with Gasteiger partial charge in [-0.25, -0.2) is 12.8 Å². The van der Waals surface area contributed by atoms with Gasteiger partial charge in [0, 0.05) is 38.3 Å². The summed E-state index contributed by atoms with van der Waals surface area (Å²) < 4.78 is 54.7. The van der Waals surface area contributed by atoms with Crippen molar-refractivity contribution in [2.24, 2.45) is 5.92 Å². The maximum absolute atomic E-state index is 14.3. The summed E-state index contributed by atoms with van der Waals surface area (Å²) >= 11 is 0. The lowest BCUT2D eigenvalue weighted by Crippen LogP contribution is -2.48. The number of amides is 2. The van der Waals surface area contributed by atoms with Gasteiger partial charge in [-0.05, 0) is 81.1 Å². The molecule has 3 aromatic carbocycles. The van der Waals surface area contributed by atoms with E-state index in [4.69, 9.17) is 9.47 Å². The Balaban J connectivity index is 1.63. The van der Waals surface area contributed by atoms with Crippen LogP contribution in [0.5, 0.6) is 5.75 Å². The minimum Gasteiger partial charge on any atom is -0.490 e. The summed E-state index contributed by atoms with van der Waals surface area (Å²) in [6.45, 7) is 6.23. The molecule has 1 aliphatic heterocycles. The molecule has 1 heterocycles. The van der Waals surface area contributed by atoms with Crippen LogP contribution in [0.2, 0.25) is 0 Å². The molecule has 260 valence electrons. The van der Waals surface area contributed by atoms with E-state index in [1.54, 1.807) is 24.9 Å². The van der Waals surface area contributed by atoms with Gasteiger partial charge in [-0.2, -0.15) is 0 Å². The van der Waals surface area contributed by atoms with Crippen LogP contribution in [0.1, 0.15) is 56.0 Å². The number of fused-ring (bicyclic) bond motifs is 1. The number of nitrogens with zero attached hydrogens (tertiary/aromatic N) is 2. The van der Waals surface area contributed by atoms with Crippen molar-refractivity contribution in [1.82, 2.24) is 9.80 Å². The van der Waals surface area contributed by atoms with Crippen molar-refractivity contribution in [2.75, 3.05) is 38.1 Å². The molecule has 0 unspecified atom stereocenters. The van der Waals surface area contributed by atoms with Gasteiger partial charge in [-0.3, -0.25) is 14.3 Å². The fourth-order valence-electron chi connectivity index (χ4n) is 5.55. The number of ether oxygens (including phenoxy) is 2. The summed E-state index contributed by atoms with van der Waals surface area (Å²) in [5.41, 5.74) is 1.16. The van der Waals surface area contributed by atoms with Crippen LogP contribution in [0.3, 0.4) is 0 Å². The lowest BCUT2D eigenvalue weighted by molar-refractivity contribution is -0.131. The molecule has 10 nitrogen and oxygen atoms in total. The Hall–Kier alpha value is -4.00. The number of nitrogens with one attached hydrogen (secondary N) is 1. The predicted molar refractivity (Wildman–Crippen MR) is 182 cm³/mol. The third kappa shape index (κ3) is 10.0. The van der Waals surface area contributed by atoms with Crippen LogP contribution in [-0.4, -0.2) is 86.7 Å². The molecule has 0 aromatic heterocycles. The van der Waals surface area contributed by atoms with Crippen molar-refractivity contribution in [2.45, 2.75) is 69.6 Å². The van der Waals surface area contributed by atoms with Gasteiger partial charge < -0.3 is 24.4 Å². The molecule has 12 heteroatoms. The van der Waals surface area contributed by atoms with E-state index in [0.717, 1.165) is 42.7 Å². The smallest absolute Gasteiger partial charge is 0.261 e. The third-order valence-electron chi connectivity index (χ3n) is 8.51.